The van der Waals surface area contributed by atoms with E-state index < -0.39 is 10.0 Å². The Morgan fingerprint density at radius 1 is 1.04 bits per heavy atom. The van der Waals surface area contributed by atoms with Crippen LogP contribution in [0.5, 0.6) is 0 Å². The number of hydrogen-bond acceptors (Lipinski definition) is 3. The van der Waals surface area contributed by atoms with Crippen LogP contribution in [0.1, 0.15) is 10.4 Å². The van der Waals surface area contributed by atoms with Crippen molar-refractivity contribution in [3.8, 4) is 0 Å². The van der Waals surface area contributed by atoms with Gasteiger partial charge in [-0.25, -0.2) is 8.42 Å². The molecule has 0 unspecified atom stereocenters. The number of carbonyl (C=O) groups excluding carboxylic acids is 1. The fourth-order valence-electron chi connectivity index (χ4n) is 2.30. The van der Waals surface area contributed by atoms with Crippen LogP contribution in [0, 0.1) is 0 Å². The molecule has 0 aromatic heterocycles. The first kappa shape index (κ1) is 19.9. The number of carbonyl (C=O) groups is 1. The van der Waals surface area contributed by atoms with Crippen molar-refractivity contribution in [2.45, 2.75) is 4.90 Å². The summed E-state index contributed by atoms with van der Waals surface area (Å²) in [6.07, 6.45) is 3.21. The molecule has 0 saturated heterocycles. The van der Waals surface area contributed by atoms with Crippen LogP contribution in [0.25, 0.3) is 0 Å². The second-order valence-corrected chi connectivity index (χ2v) is 7.99. The minimum Gasteiger partial charge on any atom is -0.331 e. The zero-order valence-corrected chi connectivity index (χ0v) is 16.5. The van der Waals surface area contributed by atoms with Gasteiger partial charge in [0.25, 0.3) is 15.9 Å². The molecule has 7 heteroatoms. The van der Waals surface area contributed by atoms with Crippen LogP contribution in [0.2, 0.25) is 0 Å². The summed E-state index contributed by atoms with van der Waals surface area (Å²) in [5, 5.41) is 0. The Hall–Kier alpha value is -2.38. The lowest BCUT2D eigenvalue weighted by atomic mass is 10.1. The van der Waals surface area contributed by atoms with Gasteiger partial charge >= 0.3 is 0 Å². The molecule has 136 valence electrons. The van der Waals surface area contributed by atoms with Gasteiger partial charge in [0, 0.05) is 17.6 Å². The highest BCUT2D eigenvalue weighted by Gasteiger charge is 2.21. The van der Waals surface area contributed by atoms with E-state index in [1.807, 2.05) is 0 Å². The summed E-state index contributed by atoms with van der Waals surface area (Å²) in [6.45, 7) is 7.95. The van der Waals surface area contributed by atoms with Crippen LogP contribution < -0.4 is 4.72 Å². The third-order valence-corrected chi connectivity index (χ3v) is 5.42. The summed E-state index contributed by atoms with van der Waals surface area (Å²) in [4.78, 5) is 14.4. The van der Waals surface area contributed by atoms with Gasteiger partial charge in [-0.15, -0.1) is 13.2 Å². The summed E-state index contributed by atoms with van der Waals surface area (Å²) in [7, 11) is -3.82. The average Bonchev–Trinajstić information content (AvgIpc) is 2.61. The van der Waals surface area contributed by atoms with Crippen molar-refractivity contribution < 1.29 is 13.2 Å². The Morgan fingerprint density at radius 3 is 2.19 bits per heavy atom. The Kier molecular flexibility index (Phi) is 6.76. The van der Waals surface area contributed by atoms with E-state index in [2.05, 4.69) is 33.8 Å². The molecule has 0 atom stereocenters. The van der Waals surface area contributed by atoms with Gasteiger partial charge in [0.1, 0.15) is 0 Å². The molecule has 0 bridgehead atoms. The number of sulfonamides is 1. The van der Waals surface area contributed by atoms with Gasteiger partial charge in [0.05, 0.1) is 16.1 Å². The maximum atomic E-state index is 12.8. The van der Waals surface area contributed by atoms with Crippen LogP contribution in [0.4, 0.5) is 5.69 Å². The highest BCUT2D eigenvalue weighted by atomic mass is 79.9. The fraction of sp³-hybridized carbons (Fsp3) is 0.105. The van der Waals surface area contributed by atoms with Gasteiger partial charge in [-0.05, 0) is 36.4 Å². The molecule has 0 aliphatic carbocycles. The molecule has 0 saturated carbocycles. The topological polar surface area (TPSA) is 66.5 Å². The van der Waals surface area contributed by atoms with Gasteiger partial charge in [-0.1, -0.05) is 40.2 Å². The summed E-state index contributed by atoms with van der Waals surface area (Å²) in [6, 6.07) is 12.7. The first-order valence-corrected chi connectivity index (χ1v) is 10.0. The third-order valence-electron chi connectivity index (χ3n) is 3.51. The number of benzene rings is 2. The zero-order chi connectivity index (χ0) is 19.2. The van der Waals surface area contributed by atoms with E-state index in [-0.39, 0.29) is 22.1 Å². The monoisotopic (exact) mass is 434 g/mol. The largest absolute Gasteiger partial charge is 0.331 e. The van der Waals surface area contributed by atoms with Gasteiger partial charge in [-0.3, -0.25) is 9.52 Å². The third kappa shape index (κ3) is 4.83. The van der Waals surface area contributed by atoms with E-state index in [9.17, 15) is 13.2 Å². The van der Waals surface area contributed by atoms with E-state index in [1.165, 1.54) is 17.0 Å². The average molecular weight is 435 g/mol. The molecule has 0 radical (unpaired) electrons. The first-order chi connectivity index (χ1) is 12.4. The molecule has 2 aromatic rings. The van der Waals surface area contributed by atoms with E-state index in [1.54, 1.807) is 48.6 Å². The molecule has 5 nitrogen and oxygen atoms in total. The molecule has 0 aliphatic rings. The summed E-state index contributed by atoms with van der Waals surface area (Å²) < 4.78 is 28.5. The predicted octanol–water partition coefficient (Wildman–Crippen LogP) is 4.06. The van der Waals surface area contributed by atoms with E-state index in [4.69, 9.17) is 0 Å². The summed E-state index contributed by atoms with van der Waals surface area (Å²) in [5.74, 6) is -0.307. The van der Waals surface area contributed by atoms with Crippen molar-refractivity contribution in [2.24, 2.45) is 0 Å². The second kappa shape index (κ2) is 8.82. The molecule has 1 N–H and O–H groups in total. The number of nitrogens with zero attached hydrogens (tertiary/aromatic N) is 1. The van der Waals surface area contributed by atoms with E-state index in [0.29, 0.717) is 13.1 Å². The van der Waals surface area contributed by atoms with Crippen LogP contribution in [-0.2, 0) is 10.0 Å². The van der Waals surface area contributed by atoms with Gasteiger partial charge in [0.2, 0.25) is 0 Å². The molecule has 0 aliphatic heterocycles. The molecular formula is C19H19BrN2O3S. The lowest BCUT2D eigenvalue weighted by molar-refractivity contribution is 0.0792. The molecule has 0 fully saturated rings. The van der Waals surface area contributed by atoms with Crippen molar-refractivity contribution in [1.29, 1.82) is 0 Å². The minimum absolute atomic E-state index is 0.108. The number of hydrogen-bond donors (Lipinski definition) is 1. The maximum absolute atomic E-state index is 12.8. The molecule has 0 spiro atoms. The predicted molar refractivity (Wildman–Crippen MR) is 108 cm³/mol. The second-order valence-electron chi connectivity index (χ2n) is 5.39. The number of halogens is 1. The van der Waals surface area contributed by atoms with E-state index in [0.717, 1.165) is 4.47 Å². The van der Waals surface area contributed by atoms with Gasteiger partial charge < -0.3 is 4.90 Å². The molecule has 26 heavy (non-hydrogen) atoms. The van der Waals surface area contributed by atoms with Crippen LogP contribution >= 0.6 is 15.9 Å². The number of amides is 1. The first-order valence-electron chi connectivity index (χ1n) is 7.77. The van der Waals surface area contributed by atoms with Gasteiger partial charge in [0.15, 0.2) is 0 Å². The Morgan fingerprint density at radius 2 is 1.62 bits per heavy atom. The Balaban J connectivity index is 2.36. The summed E-state index contributed by atoms with van der Waals surface area (Å²) in [5.41, 5.74) is 0.482. The molecule has 0 heterocycles. The number of nitrogens with one attached hydrogen (secondary N) is 1. The van der Waals surface area contributed by atoms with Crippen molar-refractivity contribution >= 4 is 37.5 Å². The smallest absolute Gasteiger partial charge is 0.261 e. The van der Waals surface area contributed by atoms with E-state index >= 15 is 0 Å². The zero-order valence-electron chi connectivity index (χ0n) is 14.1. The molecule has 2 rings (SSSR count). The lowest BCUT2D eigenvalue weighted by Gasteiger charge is -2.21. The number of para-hydroxylation sites is 1. The van der Waals surface area contributed by atoms with Gasteiger partial charge in [-0.2, -0.15) is 0 Å². The normalized spacial score (nSPS) is 10.8. The SMILES string of the molecule is C=CCN(CC=C)C(=O)c1ccccc1NS(=O)(=O)c1ccc(Br)cc1. The molecule has 1 amide bonds. The number of rotatable bonds is 8. The lowest BCUT2D eigenvalue weighted by Crippen LogP contribution is -2.32. The fourth-order valence-corrected chi connectivity index (χ4v) is 3.64. The summed E-state index contributed by atoms with van der Waals surface area (Å²) >= 11 is 3.27. The Bertz CT molecular complexity index is 899. The molecule has 2 aromatic carbocycles. The van der Waals surface area contributed by atoms with Crippen molar-refractivity contribution in [3.05, 3.63) is 83.9 Å². The molecular weight excluding hydrogens is 416 g/mol. The van der Waals surface area contributed by atoms with Crippen molar-refractivity contribution in [3.63, 3.8) is 0 Å². The Labute approximate surface area is 162 Å². The number of anilines is 1. The quantitative estimate of drug-likeness (QED) is 0.636. The standard InChI is InChI=1S/C19H19BrN2O3S/c1-3-13-22(14-4-2)19(23)17-7-5-6-8-18(17)21-26(24,25)16-11-9-15(20)10-12-16/h3-12,21H,1-2,13-14H2. The van der Waals surface area contributed by atoms with Crippen LogP contribution in [0.3, 0.4) is 0 Å². The van der Waals surface area contributed by atoms with Crippen LogP contribution in [0.15, 0.2) is 83.2 Å². The minimum atomic E-state index is -3.82. The van der Waals surface area contributed by atoms with Crippen molar-refractivity contribution in [1.82, 2.24) is 4.90 Å². The van der Waals surface area contributed by atoms with Crippen LogP contribution in [-0.4, -0.2) is 32.3 Å². The highest BCUT2D eigenvalue weighted by molar-refractivity contribution is 9.10. The highest BCUT2D eigenvalue weighted by Crippen LogP contribution is 2.22. The van der Waals surface area contributed by atoms with Crippen molar-refractivity contribution in [2.75, 3.05) is 17.8 Å². The maximum Gasteiger partial charge on any atom is 0.261 e.